The van der Waals surface area contributed by atoms with Crippen LogP contribution >= 0.6 is 0 Å². The van der Waals surface area contributed by atoms with Crippen LogP contribution in [0.3, 0.4) is 0 Å². The van der Waals surface area contributed by atoms with E-state index in [0.29, 0.717) is 13.0 Å². The summed E-state index contributed by atoms with van der Waals surface area (Å²) >= 11 is 0. The summed E-state index contributed by atoms with van der Waals surface area (Å²) in [5.74, 6) is -0.181. The number of hydrogen-bond acceptors (Lipinski definition) is 4. The minimum atomic E-state index is -3.89. The lowest BCUT2D eigenvalue weighted by molar-refractivity contribution is -0.671. The standard InChI is InChI=1S/C28H33N3O3S/c29-17-8-19-31-21-16-24(26-12-2-4-14-28(26)31)10-7-9-23-15-20-30(18-5-6-22-35(32,33)34)27-13-3-1-11-25(23)27/h1-4,7,9-14,16,21H,5-6,8,15,17-20,22,29H2/p+1. The Morgan fingerprint density at radius 1 is 1.03 bits per heavy atom. The topological polar surface area (TPSA) is 87.5 Å². The Hall–Kier alpha value is -3.00. The molecule has 1 aromatic heterocycles. The summed E-state index contributed by atoms with van der Waals surface area (Å²) in [6.45, 7) is 3.25. The van der Waals surface area contributed by atoms with E-state index in [1.54, 1.807) is 0 Å². The van der Waals surface area contributed by atoms with Gasteiger partial charge in [-0.3, -0.25) is 4.55 Å². The van der Waals surface area contributed by atoms with E-state index in [9.17, 15) is 8.42 Å². The van der Waals surface area contributed by atoms with E-state index in [2.05, 4.69) is 82.4 Å². The number of aryl methyl sites for hydroxylation is 1. The number of unbranched alkanes of at least 4 members (excludes halogenated alkanes) is 1. The molecule has 35 heavy (non-hydrogen) atoms. The van der Waals surface area contributed by atoms with Gasteiger partial charge in [0.05, 0.1) is 11.1 Å². The average Bonchev–Trinajstić information content (AvgIpc) is 2.86. The Labute approximate surface area is 208 Å². The highest BCUT2D eigenvalue weighted by atomic mass is 32.2. The number of allylic oxidation sites excluding steroid dienone is 2. The molecule has 0 bridgehead atoms. The number of para-hydroxylation sites is 2. The fraction of sp³-hybridized carbons (Fsp3) is 0.321. The van der Waals surface area contributed by atoms with Crippen LogP contribution in [-0.2, 0) is 16.7 Å². The summed E-state index contributed by atoms with van der Waals surface area (Å²) in [6.07, 6.45) is 11.7. The lowest BCUT2D eigenvalue weighted by Crippen LogP contribution is -2.35. The van der Waals surface area contributed by atoms with Gasteiger partial charge in [-0.15, -0.1) is 0 Å². The highest BCUT2D eigenvalue weighted by Gasteiger charge is 2.19. The van der Waals surface area contributed by atoms with Gasteiger partial charge in [-0.2, -0.15) is 13.0 Å². The summed E-state index contributed by atoms with van der Waals surface area (Å²) in [4.78, 5) is 2.31. The quantitative estimate of drug-likeness (QED) is 0.248. The second-order valence-electron chi connectivity index (χ2n) is 8.92. The van der Waals surface area contributed by atoms with Crippen LogP contribution in [0.5, 0.6) is 0 Å². The third-order valence-electron chi connectivity index (χ3n) is 6.46. The van der Waals surface area contributed by atoms with Gasteiger partial charge in [-0.05, 0) is 49.1 Å². The second-order valence-corrected chi connectivity index (χ2v) is 10.5. The fourth-order valence-corrected chi connectivity index (χ4v) is 5.27. The minimum Gasteiger partial charge on any atom is -0.371 e. The smallest absolute Gasteiger partial charge is 0.264 e. The van der Waals surface area contributed by atoms with Crippen molar-refractivity contribution < 1.29 is 17.5 Å². The van der Waals surface area contributed by atoms with Gasteiger partial charge in [0.15, 0.2) is 6.20 Å². The molecule has 0 spiro atoms. The van der Waals surface area contributed by atoms with Crippen LogP contribution < -0.4 is 15.2 Å². The van der Waals surface area contributed by atoms with E-state index < -0.39 is 10.1 Å². The third-order valence-corrected chi connectivity index (χ3v) is 7.26. The molecule has 0 aliphatic carbocycles. The zero-order chi connectivity index (χ0) is 24.7. The zero-order valence-electron chi connectivity index (χ0n) is 20.0. The maximum Gasteiger partial charge on any atom is 0.264 e. The Morgan fingerprint density at radius 3 is 2.66 bits per heavy atom. The predicted octanol–water partition coefficient (Wildman–Crippen LogP) is 4.45. The second kappa shape index (κ2) is 11.6. The molecule has 0 amide bonds. The van der Waals surface area contributed by atoms with Crippen molar-refractivity contribution in [3.8, 4) is 0 Å². The van der Waals surface area contributed by atoms with Crippen LogP contribution in [0.2, 0.25) is 0 Å². The van der Waals surface area contributed by atoms with Crippen molar-refractivity contribution in [2.45, 2.75) is 32.2 Å². The molecule has 0 unspecified atom stereocenters. The number of benzene rings is 2. The van der Waals surface area contributed by atoms with Crippen LogP contribution in [-0.4, -0.2) is 38.4 Å². The van der Waals surface area contributed by atoms with Crippen molar-refractivity contribution in [3.63, 3.8) is 0 Å². The summed E-state index contributed by atoms with van der Waals surface area (Å²) in [5, 5.41) is 1.22. The SMILES string of the molecule is NCCC[n+]1ccc(/C=C/C=C2/CCN(CCCCS(=O)(=O)O)c3ccccc32)c2ccccc21. The summed E-state index contributed by atoms with van der Waals surface area (Å²) < 4.78 is 33.2. The van der Waals surface area contributed by atoms with E-state index in [4.69, 9.17) is 10.3 Å². The molecule has 0 atom stereocenters. The molecule has 184 valence electrons. The number of pyridine rings is 1. The monoisotopic (exact) mass is 492 g/mol. The molecule has 6 nitrogen and oxygen atoms in total. The Balaban J connectivity index is 1.51. The summed E-state index contributed by atoms with van der Waals surface area (Å²) in [6, 6.07) is 19.0. The molecule has 0 fully saturated rings. The van der Waals surface area contributed by atoms with Crippen LogP contribution in [0.1, 0.15) is 36.8 Å². The van der Waals surface area contributed by atoms with Crippen molar-refractivity contribution in [2.24, 2.45) is 5.73 Å². The van der Waals surface area contributed by atoms with Crippen molar-refractivity contribution in [3.05, 3.63) is 84.1 Å². The molecular formula is C28H34N3O3S+. The number of nitrogens with two attached hydrogens (primary N) is 1. The van der Waals surface area contributed by atoms with Gasteiger partial charge in [0.1, 0.15) is 6.54 Å². The first-order valence-corrected chi connectivity index (χ1v) is 13.9. The summed E-state index contributed by atoms with van der Waals surface area (Å²) in [5.41, 5.74) is 11.8. The highest BCUT2D eigenvalue weighted by Crippen LogP contribution is 2.34. The maximum atomic E-state index is 11.0. The average molecular weight is 493 g/mol. The molecule has 1 aliphatic rings. The zero-order valence-corrected chi connectivity index (χ0v) is 20.8. The number of anilines is 1. The van der Waals surface area contributed by atoms with Crippen molar-refractivity contribution in [1.82, 2.24) is 0 Å². The van der Waals surface area contributed by atoms with Crippen molar-refractivity contribution >= 4 is 38.4 Å². The lowest BCUT2D eigenvalue weighted by Gasteiger charge is -2.32. The minimum absolute atomic E-state index is 0.181. The molecule has 0 saturated heterocycles. The molecule has 7 heteroatoms. The number of nitrogens with zero attached hydrogens (tertiary/aromatic N) is 2. The maximum absolute atomic E-state index is 11.0. The molecule has 0 saturated carbocycles. The molecule has 2 aromatic carbocycles. The van der Waals surface area contributed by atoms with Gasteiger partial charge in [0.2, 0.25) is 5.52 Å². The predicted molar refractivity (Wildman–Crippen MR) is 144 cm³/mol. The Bertz CT molecular complexity index is 1330. The van der Waals surface area contributed by atoms with Gasteiger partial charge in [-0.25, -0.2) is 0 Å². The van der Waals surface area contributed by atoms with Gasteiger partial charge >= 0.3 is 0 Å². The molecule has 3 aromatic rings. The number of fused-ring (bicyclic) bond motifs is 2. The third kappa shape index (κ3) is 6.57. The molecule has 1 aliphatic heterocycles. The van der Waals surface area contributed by atoms with Crippen LogP contribution in [0.25, 0.3) is 22.6 Å². The molecule has 3 N–H and O–H groups in total. The van der Waals surface area contributed by atoms with Crippen molar-refractivity contribution in [2.75, 3.05) is 30.3 Å². The molecule has 2 heterocycles. The van der Waals surface area contributed by atoms with Crippen LogP contribution in [0.4, 0.5) is 5.69 Å². The van der Waals surface area contributed by atoms with Crippen LogP contribution in [0, 0.1) is 0 Å². The van der Waals surface area contributed by atoms with E-state index in [0.717, 1.165) is 38.9 Å². The van der Waals surface area contributed by atoms with Crippen molar-refractivity contribution in [1.29, 1.82) is 0 Å². The first-order valence-electron chi connectivity index (χ1n) is 12.2. The van der Waals surface area contributed by atoms with Gasteiger partial charge in [0, 0.05) is 42.9 Å². The fourth-order valence-electron chi connectivity index (χ4n) is 4.70. The first kappa shape index (κ1) is 25.1. The first-order chi connectivity index (χ1) is 17.0. The van der Waals surface area contributed by atoms with E-state index >= 15 is 0 Å². The highest BCUT2D eigenvalue weighted by molar-refractivity contribution is 7.85. The summed E-state index contributed by atoms with van der Waals surface area (Å²) in [7, 11) is -3.89. The number of rotatable bonds is 10. The van der Waals surface area contributed by atoms with E-state index in [-0.39, 0.29) is 5.75 Å². The van der Waals surface area contributed by atoms with E-state index in [1.165, 1.54) is 33.3 Å². The number of hydrogen-bond donors (Lipinski definition) is 2. The molecule has 4 rings (SSSR count). The Morgan fingerprint density at radius 2 is 1.83 bits per heavy atom. The van der Waals surface area contributed by atoms with Crippen LogP contribution in [0.15, 0.2) is 72.9 Å². The van der Waals surface area contributed by atoms with Gasteiger partial charge < -0.3 is 10.6 Å². The normalized spacial score (nSPS) is 15.3. The van der Waals surface area contributed by atoms with Gasteiger partial charge in [-0.1, -0.05) is 48.6 Å². The molecule has 0 radical (unpaired) electrons. The number of aromatic nitrogens is 1. The Kier molecular flexibility index (Phi) is 8.33. The molecular weight excluding hydrogens is 458 g/mol. The van der Waals surface area contributed by atoms with Gasteiger partial charge in [0.25, 0.3) is 10.1 Å². The lowest BCUT2D eigenvalue weighted by atomic mass is 9.95. The largest absolute Gasteiger partial charge is 0.371 e. The van der Waals surface area contributed by atoms with E-state index in [1.807, 2.05) is 6.07 Å².